The molecule has 0 amide bonds. The first kappa shape index (κ1) is 6.85. The van der Waals surface area contributed by atoms with Gasteiger partial charge >= 0.3 is 0 Å². The lowest BCUT2D eigenvalue weighted by atomic mass is 9.85. The first-order chi connectivity index (χ1) is 5.21. The van der Waals surface area contributed by atoms with Crippen molar-refractivity contribution in [2.75, 3.05) is 13.2 Å². The first-order valence-electron chi connectivity index (χ1n) is 3.72. The zero-order valence-corrected chi connectivity index (χ0v) is 6.76. The summed E-state index contributed by atoms with van der Waals surface area (Å²) in [5, 5.41) is 3.95. The highest BCUT2D eigenvalue weighted by Crippen LogP contribution is 2.30. The molecule has 0 bridgehead atoms. The van der Waals surface area contributed by atoms with Gasteiger partial charge in [-0.05, 0) is 13.8 Å². The van der Waals surface area contributed by atoms with Crippen molar-refractivity contribution in [1.29, 1.82) is 0 Å². The Balaban J connectivity index is 2.28. The molecular formula is C8H11NO2. The van der Waals surface area contributed by atoms with Gasteiger partial charge in [-0.2, -0.15) is 0 Å². The third-order valence-corrected chi connectivity index (χ3v) is 2.09. The van der Waals surface area contributed by atoms with Crippen LogP contribution < -0.4 is 0 Å². The van der Waals surface area contributed by atoms with E-state index < -0.39 is 0 Å². The van der Waals surface area contributed by atoms with Crippen LogP contribution >= 0.6 is 0 Å². The Bertz CT molecular complexity index is 263. The number of aryl methyl sites for hydroxylation is 1. The standard InChI is InChI=1S/C8H11NO2/c1-6-3-7(9-11-6)8(2)4-10-5-8/h3H,4-5H2,1-2H3. The van der Waals surface area contributed by atoms with Gasteiger partial charge in [0, 0.05) is 6.07 Å². The summed E-state index contributed by atoms with van der Waals surface area (Å²) in [5.41, 5.74) is 1.12. The first-order valence-corrected chi connectivity index (χ1v) is 3.72. The third-order valence-electron chi connectivity index (χ3n) is 2.09. The molecule has 0 aromatic carbocycles. The van der Waals surface area contributed by atoms with E-state index in [9.17, 15) is 0 Å². The van der Waals surface area contributed by atoms with Gasteiger partial charge in [-0.1, -0.05) is 5.16 Å². The molecule has 0 aliphatic carbocycles. The SMILES string of the molecule is Cc1cc(C2(C)COC2)no1. The van der Waals surface area contributed by atoms with E-state index in [1.807, 2.05) is 13.0 Å². The number of rotatable bonds is 1. The Labute approximate surface area is 65.3 Å². The van der Waals surface area contributed by atoms with Crippen LogP contribution in [-0.4, -0.2) is 18.4 Å². The van der Waals surface area contributed by atoms with E-state index in [4.69, 9.17) is 9.26 Å². The van der Waals surface area contributed by atoms with Gasteiger partial charge < -0.3 is 9.26 Å². The van der Waals surface area contributed by atoms with E-state index in [0.29, 0.717) is 0 Å². The average molecular weight is 153 g/mol. The molecule has 1 saturated heterocycles. The Kier molecular flexibility index (Phi) is 1.29. The largest absolute Gasteiger partial charge is 0.379 e. The van der Waals surface area contributed by atoms with Crippen LogP contribution in [0.25, 0.3) is 0 Å². The molecule has 2 heterocycles. The average Bonchev–Trinajstić information content (AvgIpc) is 2.31. The molecule has 3 heteroatoms. The van der Waals surface area contributed by atoms with Gasteiger partial charge in [0.15, 0.2) is 0 Å². The molecule has 1 aliphatic heterocycles. The molecule has 0 spiro atoms. The second-order valence-electron chi connectivity index (χ2n) is 3.38. The Morgan fingerprint density at radius 3 is 2.64 bits per heavy atom. The fourth-order valence-electron chi connectivity index (χ4n) is 1.21. The minimum atomic E-state index is 0.109. The van der Waals surface area contributed by atoms with Crippen molar-refractivity contribution in [2.24, 2.45) is 0 Å². The molecular weight excluding hydrogens is 142 g/mol. The van der Waals surface area contributed by atoms with Crippen molar-refractivity contribution in [3.05, 3.63) is 17.5 Å². The number of aromatic nitrogens is 1. The molecule has 0 radical (unpaired) electrons. The van der Waals surface area contributed by atoms with Crippen molar-refractivity contribution in [3.63, 3.8) is 0 Å². The van der Waals surface area contributed by atoms with E-state index in [0.717, 1.165) is 24.7 Å². The van der Waals surface area contributed by atoms with Gasteiger partial charge in [-0.3, -0.25) is 0 Å². The van der Waals surface area contributed by atoms with Crippen LogP contribution in [-0.2, 0) is 10.2 Å². The fourth-order valence-corrected chi connectivity index (χ4v) is 1.21. The van der Waals surface area contributed by atoms with E-state index in [-0.39, 0.29) is 5.41 Å². The van der Waals surface area contributed by atoms with Crippen molar-refractivity contribution in [1.82, 2.24) is 5.16 Å². The molecule has 0 unspecified atom stereocenters. The molecule has 60 valence electrons. The lowest BCUT2D eigenvalue weighted by Crippen LogP contribution is -2.44. The molecule has 11 heavy (non-hydrogen) atoms. The highest BCUT2D eigenvalue weighted by atomic mass is 16.5. The van der Waals surface area contributed by atoms with E-state index >= 15 is 0 Å². The van der Waals surface area contributed by atoms with Gasteiger partial charge in [-0.25, -0.2) is 0 Å². The zero-order valence-electron chi connectivity index (χ0n) is 6.76. The van der Waals surface area contributed by atoms with Crippen molar-refractivity contribution >= 4 is 0 Å². The lowest BCUT2D eigenvalue weighted by Gasteiger charge is -2.35. The Morgan fingerprint density at radius 2 is 2.27 bits per heavy atom. The number of hydrogen-bond donors (Lipinski definition) is 0. The van der Waals surface area contributed by atoms with Gasteiger partial charge in [-0.15, -0.1) is 0 Å². The highest BCUT2D eigenvalue weighted by Gasteiger charge is 2.37. The normalized spacial score (nSPS) is 21.3. The summed E-state index contributed by atoms with van der Waals surface area (Å²) in [4.78, 5) is 0. The maximum atomic E-state index is 5.12. The smallest absolute Gasteiger partial charge is 0.133 e. The van der Waals surface area contributed by atoms with Crippen LogP contribution in [0.1, 0.15) is 18.4 Å². The highest BCUT2D eigenvalue weighted by molar-refractivity contribution is 5.18. The van der Waals surface area contributed by atoms with Crippen LogP contribution in [0.3, 0.4) is 0 Å². The Morgan fingerprint density at radius 1 is 1.55 bits per heavy atom. The van der Waals surface area contributed by atoms with Gasteiger partial charge in [0.05, 0.1) is 24.3 Å². The summed E-state index contributed by atoms with van der Waals surface area (Å²) < 4.78 is 10.1. The van der Waals surface area contributed by atoms with E-state index in [1.54, 1.807) is 0 Å². The van der Waals surface area contributed by atoms with E-state index in [1.165, 1.54) is 0 Å². The maximum absolute atomic E-state index is 5.12. The summed E-state index contributed by atoms with van der Waals surface area (Å²) in [6.07, 6.45) is 0. The second kappa shape index (κ2) is 2.08. The van der Waals surface area contributed by atoms with Crippen LogP contribution in [0, 0.1) is 6.92 Å². The molecule has 3 nitrogen and oxygen atoms in total. The summed E-state index contributed by atoms with van der Waals surface area (Å²) >= 11 is 0. The van der Waals surface area contributed by atoms with Crippen LogP contribution in [0.4, 0.5) is 0 Å². The minimum absolute atomic E-state index is 0.109. The molecule has 0 saturated carbocycles. The molecule has 0 atom stereocenters. The quantitative estimate of drug-likeness (QED) is 0.609. The van der Waals surface area contributed by atoms with Gasteiger partial charge in [0.2, 0.25) is 0 Å². The lowest BCUT2D eigenvalue weighted by molar-refractivity contribution is -0.0532. The van der Waals surface area contributed by atoms with Gasteiger partial charge in [0.1, 0.15) is 5.76 Å². The van der Waals surface area contributed by atoms with Gasteiger partial charge in [0.25, 0.3) is 0 Å². The predicted octanol–water partition coefficient (Wildman–Crippen LogP) is 1.27. The minimum Gasteiger partial charge on any atom is -0.379 e. The summed E-state index contributed by atoms with van der Waals surface area (Å²) in [6.45, 7) is 5.56. The summed E-state index contributed by atoms with van der Waals surface area (Å²) in [6, 6.07) is 1.97. The molecule has 2 rings (SSSR count). The molecule has 1 aliphatic rings. The van der Waals surface area contributed by atoms with Crippen molar-refractivity contribution < 1.29 is 9.26 Å². The molecule has 1 aromatic rings. The van der Waals surface area contributed by atoms with Crippen LogP contribution in [0.2, 0.25) is 0 Å². The van der Waals surface area contributed by atoms with Crippen LogP contribution in [0.5, 0.6) is 0 Å². The predicted molar refractivity (Wildman–Crippen MR) is 39.4 cm³/mol. The van der Waals surface area contributed by atoms with Crippen molar-refractivity contribution in [2.45, 2.75) is 19.3 Å². The topological polar surface area (TPSA) is 35.3 Å². The summed E-state index contributed by atoms with van der Waals surface area (Å²) in [5.74, 6) is 0.869. The molecule has 0 N–H and O–H groups in total. The summed E-state index contributed by atoms with van der Waals surface area (Å²) in [7, 11) is 0. The molecule has 1 aromatic heterocycles. The van der Waals surface area contributed by atoms with Crippen molar-refractivity contribution in [3.8, 4) is 0 Å². The Hall–Kier alpha value is -0.830. The zero-order chi connectivity index (χ0) is 7.90. The molecule has 1 fully saturated rings. The number of hydrogen-bond acceptors (Lipinski definition) is 3. The maximum Gasteiger partial charge on any atom is 0.133 e. The van der Waals surface area contributed by atoms with E-state index in [2.05, 4.69) is 12.1 Å². The third kappa shape index (κ3) is 0.959. The fraction of sp³-hybridized carbons (Fsp3) is 0.625. The second-order valence-corrected chi connectivity index (χ2v) is 3.38. The monoisotopic (exact) mass is 153 g/mol. The number of nitrogens with zero attached hydrogens (tertiary/aromatic N) is 1. The number of ether oxygens (including phenoxy) is 1. The van der Waals surface area contributed by atoms with Crippen LogP contribution in [0.15, 0.2) is 10.6 Å².